The predicted molar refractivity (Wildman–Crippen MR) is 109 cm³/mol. The number of nitrogens with zero attached hydrogens (tertiary/aromatic N) is 4. The number of imidazole rings is 1. The fourth-order valence-corrected chi connectivity index (χ4v) is 3.56. The Bertz CT molecular complexity index is 747. The molecule has 2 heterocycles. The molecule has 6 nitrogen and oxygen atoms in total. The van der Waals surface area contributed by atoms with Gasteiger partial charge >= 0.3 is 0 Å². The lowest BCUT2D eigenvalue weighted by Gasteiger charge is -2.34. The molecule has 1 fully saturated rings. The molecule has 2 aromatic rings. The number of anilines is 1. The molecule has 3 rings (SSSR count). The number of rotatable bonds is 7. The maximum absolute atomic E-state index is 12.3. The third kappa shape index (κ3) is 5.65. The number of hydrogen-bond acceptors (Lipinski definition) is 4. The van der Waals surface area contributed by atoms with Gasteiger partial charge in [-0.1, -0.05) is 26.0 Å². The smallest absolute Gasteiger partial charge is 0.238 e. The Hall–Kier alpha value is -2.18. The molecule has 0 unspecified atom stereocenters. The Morgan fingerprint density at radius 3 is 2.59 bits per heavy atom. The summed E-state index contributed by atoms with van der Waals surface area (Å²) in [6.07, 6.45) is 3.96. The third-order valence-corrected chi connectivity index (χ3v) is 5.06. The minimum atomic E-state index is 0.0639. The Balaban J connectivity index is 1.39. The highest BCUT2D eigenvalue weighted by Gasteiger charge is 2.19. The van der Waals surface area contributed by atoms with Gasteiger partial charge in [-0.25, -0.2) is 4.98 Å². The quantitative estimate of drug-likeness (QED) is 0.815. The van der Waals surface area contributed by atoms with E-state index in [0.717, 1.165) is 56.3 Å². The van der Waals surface area contributed by atoms with Crippen LogP contribution in [0.3, 0.4) is 0 Å². The monoisotopic (exact) mass is 369 g/mol. The average Bonchev–Trinajstić information content (AvgIpc) is 3.10. The molecular weight excluding hydrogens is 338 g/mol. The van der Waals surface area contributed by atoms with E-state index in [9.17, 15) is 4.79 Å². The first-order valence-corrected chi connectivity index (χ1v) is 9.83. The molecule has 0 aliphatic carbocycles. The van der Waals surface area contributed by atoms with E-state index in [2.05, 4.69) is 44.7 Å². The predicted octanol–water partition coefficient (Wildman–Crippen LogP) is 2.57. The van der Waals surface area contributed by atoms with E-state index in [1.807, 2.05) is 37.4 Å². The van der Waals surface area contributed by atoms with Crippen LogP contribution >= 0.6 is 0 Å². The Morgan fingerprint density at radius 2 is 1.89 bits per heavy atom. The first-order valence-electron chi connectivity index (χ1n) is 9.83. The van der Waals surface area contributed by atoms with Crippen molar-refractivity contribution in [2.75, 3.05) is 44.6 Å². The lowest BCUT2D eigenvalue weighted by atomic mass is 10.2. The van der Waals surface area contributed by atoms with Crippen molar-refractivity contribution in [1.29, 1.82) is 0 Å². The molecule has 1 aromatic heterocycles. The van der Waals surface area contributed by atoms with Crippen molar-refractivity contribution < 1.29 is 4.79 Å². The molecule has 1 aromatic carbocycles. The number of nitrogens with one attached hydrogen (secondary N) is 1. The van der Waals surface area contributed by atoms with Crippen molar-refractivity contribution in [2.24, 2.45) is 0 Å². The summed E-state index contributed by atoms with van der Waals surface area (Å²) in [4.78, 5) is 21.4. The van der Waals surface area contributed by atoms with Crippen molar-refractivity contribution in [3.63, 3.8) is 0 Å². The van der Waals surface area contributed by atoms with Gasteiger partial charge in [0.15, 0.2) is 0 Å². The lowest BCUT2D eigenvalue weighted by molar-refractivity contribution is -0.117. The topological polar surface area (TPSA) is 53.4 Å². The minimum Gasteiger partial charge on any atom is -0.333 e. The third-order valence-electron chi connectivity index (χ3n) is 5.06. The first-order chi connectivity index (χ1) is 13.0. The van der Waals surface area contributed by atoms with Gasteiger partial charge in [0.05, 0.1) is 6.54 Å². The standard InChI is InChI=1S/C21H31N5O/c1-17(2)21-22-7-8-26(21)14-13-24-9-11-25(12-10-24)16-20(27)23-19-6-4-5-18(3)15-19/h4-8,15,17H,9-14,16H2,1-3H3,(H,23,27). The van der Waals surface area contributed by atoms with Gasteiger partial charge in [0.2, 0.25) is 5.91 Å². The van der Waals surface area contributed by atoms with E-state index in [-0.39, 0.29) is 5.91 Å². The van der Waals surface area contributed by atoms with Crippen molar-refractivity contribution in [1.82, 2.24) is 19.4 Å². The number of aryl methyl sites for hydroxylation is 1. The van der Waals surface area contributed by atoms with Gasteiger partial charge in [0, 0.05) is 63.3 Å². The van der Waals surface area contributed by atoms with Crippen molar-refractivity contribution in [2.45, 2.75) is 33.2 Å². The van der Waals surface area contributed by atoms with Crippen molar-refractivity contribution in [3.05, 3.63) is 48.0 Å². The molecule has 0 saturated carbocycles. The van der Waals surface area contributed by atoms with Gasteiger partial charge in [0.1, 0.15) is 5.82 Å². The molecule has 1 aliphatic rings. The molecule has 1 N–H and O–H groups in total. The van der Waals surface area contributed by atoms with Crippen LogP contribution in [0.15, 0.2) is 36.7 Å². The first kappa shape index (κ1) is 19.6. The fourth-order valence-electron chi connectivity index (χ4n) is 3.56. The van der Waals surface area contributed by atoms with E-state index < -0.39 is 0 Å². The van der Waals surface area contributed by atoms with E-state index >= 15 is 0 Å². The molecule has 146 valence electrons. The van der Waals surface area contributed by atoms with Crippen LogP contribution in [0.4, 0.5) is 5.69 Å². The number of amides is 1. The molecule has 6 heteroatoms. The summed E-state index contributed by atoms with van der Waals surface area (Å²) in [6.45, 7) is 12.7. The zero-order valence-corrected chi connectivity index (χ0v) is 16.7. The van der Waals surface area contributed by atoms with Gasteiger partial charge < -0.3 is 9.88 Å². The van der Waals surface area contributed by atoms with E-state index in [0.29, 0.717) is 12.5 Å². The minimum absolute atomic E-state index is 0.0639. The SMILES string of the molecule is Cc1cccc(NC(=O)CN2CCN(CCn3ccnc3C(C)C)CC2)c1. The summed E-state index contributed by atoms with van der Waals surface area (Å²) in [5.41, 5.74) is 2.03. The summed E-state index contributed by atoms with van der Waals surface area (Å²) >= 11 is 0. The molecule has 0 atom stereocenters. The number of benzene rings is 1. The molecule has 0 bridgehead atoms. The van der Waals surface area contributed by atoms with Crippen LogP contribution in [-0.4, -0.2) is 64.5 Å². The molecular formula is C21H31N5O. The van der Waals surface area contributed by atoms with Gasteiger partial charge in [-0.05, 0) is 24.6 Å². The van der Waals surface area contributed by atoms with Crippen LogP contribution in [-0.2, 0) is 11.3 Å². The zero-order chi connectivity index (χ0) is 19.2. The fraction of sp³-hybridized carbons (Fsp3) is 0.524. The van der Waals surface area contributed by atoms with Crippen LogP contribution in [0, 0.1) is 6.92 Å². The van der Waals surface area contributed by atoms with Gasteiger partial charge in [-0.2, -0.15) is 0 Å². The van der Waals surface area contributed by atoms with Crippen LogP contribution in [0.2, 0.25) is 0 Å². The molecule has 1 aliphatic heterocycles. The second-order valence-corrected chi connectivity index (χ2v) is 7.67. The Morgan fingerprint density at radius 1 is 1.15 bits per heavy atom. The maximum atomic E-state index is 12.3. The largest absolute Gasteiger partial charge is 0.333 e. The van der Waals surface area contributed by atoms with Crippen LogP contribution in [0.1, 0.15) is 31.2 Å². The highest BCUT2D eigenvalue weighted by atomic mass is 16.2. The van der Waals surface area contributed by atoms with Crippen molar-refractivity contribution in [3.8, 4) is 0 Å². The van der Waals surface area contributed by atoms with Crippen LogP contribution in [0.25, 0.3) is 0 Å². The number of piperazine rings is 1. The highest BCUT2D eigenvalue weighted by Crippen LogP contribution is 2.12. The number of carbonyl (C=O) groups excluding carboxylic acids is 1. The summed E-state index contributed by atoms with van der Waals surface area (Å²) in [5, 5.41) is 3.00. The molecule has 1 saturated heterocycles. The second kappa shape index (κ2) is 9.15. The van der Waals surface area contributed by atoms with Gasteiger partial charge in [-0.3, -0.25) is 14.6 Å². The molecule has 1 amide bonds. The summed E-state index contributed by atoms with van der Waals surface area (Å²) in [6, 6.07) is 7.93. The van der Waals surface area contributed by atoms with E-state index in [1.165, 1.54) is 0 Å². The lowest BCUT2D eigenvalue weighted by Crippen LogP contribution is -2.49. The normalized spacial score (nSPS) is 16.0. The molecule has 27 heavy (non-hydrogen) atoms. The van der Waals surface area contributed by atoms with Crippen molar-refractivity contribution >= 4 is 11.6 Å². The highest BCUT2D eigenvalue weighted by molar-refractivity contribution is 5.92. The van der Waals surface area contributed by atoms with Gasteiger partial charge in [0.25, 0.3) is 0 Å². The number of hydrogen-bond donors (Lipinski definition) is 1. The van der Waals surface area contributed by atoms with Gasteiger partial charge in [-0.15, -0.1) is 0 Å². The van der Waals surface area contributed by atoms with Crippen LogP contribution < -0.4 is 5.32 Å². The number of aromatic nitrogens is 2. The zero-order valence-electron chi connectivity index (χ0n) is 16.7. The second-order valence-electron chi connectivity index (χ2n) is 7.67. The maximum Gasteiger partial charge on any atom is 0.238 e. The number of carbonyl (C=O) groups is 1. The summed E-state index contributed by atoms with van der Waals surface area (Å²) in [7, 11) is 0. The Labute approximate surface area is 162 Å². The summed E-state index contributed by atoms with van der Waals surface area (Å²) in [5.74, 6) is 1.67. The molecule has 0 spiro atoms. The summed E-state index contributed by atoms with van der Waals surface area (Å²) < 4.78 is 2.26. The molecule has 0 radical (unpaired) electrons. The van der Waals surface area contributed by atoms with E-state index in [1.54, 1.807) is 0 Å². The average molecular weight is 370 g/mol. The van der Waals surface area contributed by atoms with Crippen LogP contribution in [0.5, 0.6) is 0 Å². The van der Waals surface area contributed by atoms with E-state index in [4.69, 9.17) is 0 Å². The Kier molecular flexibility index (Phi) is 6.63.